The van der Waals surface area contributed by atoms with Crippen molar-refractivity contribution in [2.45, 2.75) is 65.0 Å². The molecule has 0 aromatic heterocycles. The van der Waals surface area contributed by atoms with Crippen molar-refractivity contribution in [3.8, 4) is 11.5 Å². The summed E-state index contributed by atoms with van der Waals surface area (Å²) in [5, 5.41) is 2.52. The maximum atomic E-state index is 12.5. The summed E-state index contributed by atoms with van der Waals surface area (Å²) in [5.41, 5.74) is 1.74. The molecular weight excluding hydrogens is 372 g/mol. The zero-order chi connectivity index (χ0) is 21.3. The van der Waals surface area contributed by atoms with Crippen LogP contribution in [0.25, 0.3) is 0 Å². The van der Waals surface area contributed by atoms with E-state index in [0.717, 1.165) is 17.1 Å². The summed E-state index contributed by atoms with van der Waals surface area (Å²) in [4.78, 5) is 25.9. The van der Waals surface area contributed by atoms with Crippen LogP contribution < -0.4 is 14.8 Å². The lowest BCUT2D eigenvalue weighted by Crippen LogP contribution is -2.44. The second-order valence-electron chi connectivity index (χ2n) is 9.15. The van der Waals surface area contributed by atoms with E-state index >= 15 is 0 Å². The molecule has 3 atom stereocenters. The minimum Gasteiger partial charge on any atom is -0.454 e. The Morgan fingerprint density at radius 2 is 2.00 bits per heavy atom. The van der Waals surface area contributed by atoms with Crippen LogP contribution in [0.3, 0.4) is 0 Å². The number of hydrogen-bond acceptors (Lipinski definition) is 5. The summed E-state index contributed by atoms with van der Waals surface area (Å²) in [6, 6.07) is 4.16. The molecule has 1 saturated carbocycles. The van der Waals surface area contributed by atoms with Gasteiger partial charge in [0.05, 0.1) is 0 Å². The number of hydrogen-bond donors (Lipinski definition) is 1. The number of fused-ring (bicyclic) bond motifs is 1. The van der Waals surface area contributed by atoms with Gasteiger partial charge in [0, 0.05) is 18.7 Å². The molecule has 0 bridgehead atoms. The molecule has 29 heavy (non-hydrogen) atoms. The van der Waals surface area contributed by atoms with Gasteiger partial charge in [0.2, 0.25) is 12.7 Å². The zero-order valence-electron chi connectivity index (χ0n) is 18.2. The number of rotatable bonds is 6. The van der Waals surface area contributed by atoms with E-state index in [0.29, 0.717) is 18.3 Å². The fourth-order valence-electron chi connectivity index (χ4n) is 3.56. The predicted octanol–water partition coefficient (Wildman–Crippen LogP) is 3.45. The Labute approximate surface area is 172 Å². The summed E-state index contributed by atoms with van der Waals surface area (Å²) in [7, 11) is 1.75. The van der Waals surface area contributed by atoms with Crippen LogP contribution in [0.2, 0.25) is 0 Å². The molecule has 160 valence electrons. The van der Waals surface area contributed by atoms with Gasteiger partial charge in [-0.3, -0.25) is 4.79 Å². The van der Waals surface area contributed by atoms with Gasteiger partial charge >= 0.3 is 6.09 Å². The van der Waals surface area contributed by atoms with Crippen molar-refractivity contribution < 1.29 is 23.8 Å². The van der Waals surface area contributed by atoms with Crippen molar-refractivity contribution >= 4 is 12.0 Å². The van der Waals surface area contributed by atoms with Gasteiger partial charge in [0.25, 0.3) is 0 Å². The van der Waals surface area contributed by atoms with Crippen molar-refractivity contribution in [3.63, 3.8) is 0 Å². The topological polar surface area (TPSA) is 77.1 Å². The van der Waals surface area contributed by atoms with E-state index in [9.17, 15) is 9.59 Å². The third kappa shape index (κ3) is 5.34. The number of carbonyl (C=O) groups is 2. The minimum absolute atomic E-state index is 0.0345. The van der Waals surface area contributed by atoms with Crippen molar-refractivity contribution in [3.05, 3.63) is 23.3 Å². The standard InChI is InChI=1S/C22H32N2O5/c1-13-7-16(13)17-9-15(10-18-20(17)28-12-27-18)8-14(2)24(6)19(25)11-23-21(26)29-22(3,4)5/h9-10,13-14,16H,7-8,11-12H2,1-6H3,(H,23,26)/t13?,14?,16-/m0/s1. The van der Waals surface area contributed by atoms with E-state index in [1.54, 1.807) is 32.7 Å². The molecular formula is C22H32N2O5. The Bertz CT molecular complexity index is 786. The van der Waals surface area contributed by atoms with Gasteiger partial charge < -0.3 is 24.4 Å². The van der Waals surface area contributed by atoms with Crippen molar-refractivity contribution in [1.29, 1.82) is 0 Å². The third-order valence-electron chi connectivity index (χ3n) is 5.44. The molecule has 3 rings (SSSR count). The molecule has 1 heterocycles. The average molecular weight is 405 g/mol. The van der Waals surface area contributed by atoms with E-state index in [4.69, 9.17) is 14.2 Å². The Balaban J connectivity index is 1.59. The lowest BCUT2D eigenvalue weighted by Gasteiger charge is -2.26. The molecule has 2 aliphatic rings. The first kappa shape index (κ1) is 21.3. The number of nitrogens with one attached hydrogen (secondary N) is 1. The summed E-state index contributed by atoms with van der Waals surface area (Å²) in [6.07, 6.45) is 1.27. The van der Waals surface area contributed by atoms with Gasteiger partial charge in [0.15, 0.2) is 11.5 Å². The van der Waals surface area contributed by atoms with Gasteiger partial charge in [-0.25, -0.2) is 4.79 Å². The van der Waals surface area contributed by atoms with Gasteiger partial charge in [-0.05, 0) is 64.0 Å². The fraction of sp³-hybridized carbons (Fsp3) is 0.636. The molecule has 7 heteroatoms. The largest absolute Gasteiger partial charge is 0.454 e. The average Bonchev–Trinajstić information content (AvgIpc) is 3.15. The van der Waals surface area contributed by atoms with Crippen LogP contribution in [-0.4, -0.2) is 48.9 Å². The van der Waals surface area contributed by atoms with Crippen molar-refractivity contribution in [2.75, 3.05) is 20.4 Å². The monoisotopic (exact) mass is 404 g/mol. The Morgan fingerprint density at radius 3 is 2.62 bits per heavy atom. The van der Waals surface area contributed by atoms with Crippen LogP contribution in [0.5, 0.6) is 11.5 Å². The molecule has 1 aliphatic carbocycles. The minimum atomic E-state index is -0.595. The number of nitrogens with zero attached hydrogens (tertiary/aromatic N) is 1. The second-order valence-corrected chi connectivity index (χ2v) is 9.15. The fourth-order valence-corrected chi connectivity index (χ4v) is 3.56. The molecule has 1 aromatic carbocycles. The lowest BCUT2D eigenvalue weighted by atomic mass is 9.99. The van der Waals surface area contributed by atoms with Gasteiger partial charge in [-0.2, -0.15) is 0 Å². The second kappa shape index (κ2) is 8.13. The molecule has 1 N–H and O–H groups in total. The number of ether oxygens (including phenoxy) is 3. The SMILES string of the molecule is CC1C[C@@H]1c1cc(CC(C)N(C)C(=O)CNC(=O)OC(C)(C)C)cc2c1OCO2. The lowest BCUT2D eigenvalue weighted by molar-refractivity contribution is -0.130. The summed E-state index contributed by atoms with van der Waals surface area (Å²) in [6.45, 7) is 9.75. The van der Waals surface area contributed by atoms with Crippen molar-refractivity contribution in [2.24, 2.45) is 5.92 Å². The maximum absolute atomic E-state index is 12.5. The highest BCUT2D eigenvalue weighted by Gasteiger charge is 2.38. The van der Waals surface area contributed by atoms with E-state index in [1.807, 2.05) is 13.0 Å². The van der Waals surface area contributed by atoms with E-state index in [-0.39, 0.29) is 25.3 Å². The molecule has 2 unspecified atom stereocenters. The number of likely N-dealkylation sites (N-methyl/N-ethyl adjacent to an activating group) is 1. The Morgan fingerprint density at radius 1 is 1.31 bits per heavy atom. The number of carbonyl (C=O) groups excluding carboxylic acids is 2. The molecule has 1 fully saturated rings. The molecule has 0 spiro atoms. The van der Waals surface area contributed by atoms with Crippen LogP contribution >= 0.6 is 0 Å². The van der Waals surface area contributed by atoms with Crippen molar-refractivity contribution in [1.82, 2.24) is 10.2 Å². The zero-order valence-corrected chi connectivity index (χ0v) is 18.2. The highest BCUT2D eigenvalue weighted by molar-refractivity contribution is 5.82. The third-order valence-corrected chi connectivity index (χ3v) is 5.44. The summed E-state index contributed by atoms with van der Waals surface area (Å²) >= 11 is 0. The number of amides is 2. The molecule has 0 radical (unpaired) electrons. The smallest absolute Gasteiger partial charge is 0.408 e. The summed E-state index contributed by atoms with van der Waals surface area (Å²) in [5.74, 6) is 2.70. The first-order valence-corrected chi connectivity index (χ1v) is 10.2. The first-order chi connectivity index (χ1) is 13.5. The van der Waals surface area contributed by atoms with Gasteiger partial charge in [-0.15, -0.1) is 0 Å². The quantitative estimate of drug-likeness (QED) is 0.786. The van der Waals surface area contributed by atoms with Gasteiger partial charge in [-0.1, -0.05) is 13.0 Å². The molecule has 7 nitrogen and oxygen atoms in total. The molecule has 0 saturated heterocycles. The van der Waals surface area contributed by atoms with Crippen LogP contribution in [0, 0.1) is 5.92 Å². The Kier molecular flexibility index (Phi) is 5.96. The van der Waals surface area contributed by atoms with Crippen LogP contribution in [-0.2, 0) is 16.0 Å². The summed E-state index contributed by atoms with van der Waals surface area (Å²) < 4.78 is 16.5. The van der Waals surface area contributed by atoms with Crippen LogP contribution in [0.15, 0.2) is 12.1 Å². The normalized spacial score (nSPS) is 20.8. The molecule has 2 amide bonds. The highest BCUT2D eigenvalue weighted by Crippen LogP contribution is 2.53. The van der Waals surface area contributed by atoms with Crippen LogP contribution in [0.4, 0.5) is 4.79 Å². The molecule has 1 aliphatic heterocycles. The number of benzene rings is 1. The van der Waals surface area contributed by atoms with Gasteiger partial charge in [0.1, 0.15) is 12.1 Å². The highest BCUT2D eigenvalue weighted by atomic mass is 16.7. The Hall–Kier alpha value is -2.44. The van der Waals surface area contributed by atoms with Crippen LogP contribution in [0.1, 0.15) is 58.1 Å². The van der Waals surface area contributed by atoms with E-state index in [2.05, 4.69) is 18.3 Å². The first-order valence-electron chi connectivity index (χ1n) is 10.2. The predicted molar refractivity (Wildman–Crippen MR) is 109 cm³/mol. The molecule has 1 aromatic rings. The number of alkyl carbamates (subject to hydrolysis) is 1. The van der Waals surface area contributed by atoms with E-state index < -0.39 is 11.7 Å². The van der Waals surface area contributed by atoms with E-state index in [1.165, 1.54) is 12.0 Å². The maximum Gasteiger partial charge on any atom is 0.408 e.